The molecule has 25 heavy (non-hydrogen) atoms. The van der Waals surface area contributed by atoms with Crippen LogP contribution >= 0.6 is 12.2 Å². The summed E-state index contributed by atoms with van der Waals surface area (Å²) in [6.45, 7) is 5.77. The minimum Gasteiger partial charge on any atom is -0.348 e. The summed E-state index contributed by atoms with van der Waals surface area (Å²) in [5.41, 5.74) is 2.17. The number of hydrogen-bond donors (Lipinski definition) is 1. The zero-order chi connectivity index (χ0) is 18.0. The van der Waals surface area contributed by atoms with Crippen LogP contribution in [0.5, 0.6) is 0 Å². The maximum atomic E-state index is 12.9. The maximum absolute atomic E-state index is 12.9. The Hall–Kier alpha value is -2.12. The first-order valence-corrected chi connectivity index (χ1v) is 8.98. The number of benzene rings is 1. The van der Waals surface area contributed by atoms with Gasteiger partial charge >= 0.3 is 0 Å². The lowest BCUT2D eigenvalue weighted by atomic mass is 10.3. The molecule has 7 heteroatoms. The van der Waals surface area contributed by atoms with Gasteiger partial charge in [-0.15, -0.1) is 0 Å². The average Bonchev–Trinajstić information content (AvgIpc) is 2.77. The molecule has 2 heterocycles. The molecule has 1 aromatic carbocycles. The highest BCUT2D eigenvalue weighted by molar-refractivity contribution is 7.80. The van der Waals surface area contributed by atoms with Gasteiger partial charge in [0, 0.05) is 26.7 Å². The minimum absolute atomic E-state index is 0.0829. The highest BCUT2D eigenvalue weighted by Crippen LogP contribution is 2.15. The van der Waals surface area contributed by atoms with Crippen LogP contribution in [0.4, 0.5) is 5.69 Å². The van der Waals surface area contributed by atoms with Crippen molar-refractivity contribution in [2.75, 3.05) is 38.5 Å². The summed E-state index contributed by atoms with van der Waals surface area (Å²) < 4.78 is 3.52. The average molecular weight is 359 g/mol. The molecule has 0 saturated carbocycles. The van der Waals surface area contributed by atoms with Crippen molar-refractivity contribution < 1.29 is 0 Å². The molecular weight excluding hydrogens is 334 g/mol. The second-order valence-electron chi connectivity index (χ2n) is 6.51. The lowest BCUT2D eigenvalue weighted by Gasteiger charge is -2.23. The fraction of sp³-hybridized carbons (Fsp3) is 0.444. The number of nitrogens with zero attached hydrogens (tertiary/aromatic N) is 4. The monoisotopic (exact) mass is 359 g/mol. The molecule has 0 atom stereocenters. The summed E-state index contributed by atoms with van der Waals surface area (Å²) in [6.07, 6.45) is 1.07. The first-order valence-electron chi connectivity index (χ1n) is 8.57. The van der Waals surface area contributed by atoms with E-state index in [1.54, 1.807) is 4.68 Å². The van der Waals surface area contributed by atoms with Gasteiger partial charge in [-0.3, -0.25) is 9.48 Å². The summed E-state index contributed by atoms with van der Waals surface area (Å²) in [5.74, 6) is 0. The number of anilines is 1. The van der Waals surface area contributed by atoms with Crippen molar-refractivity contribution in [1.82, 2.24) is 19.2 Å². The van der Waals surface area contributed by atoms with Gasteiger partial charge in [-0.1, -0.05) is 18.2 Å². The Labute approximate surface area is 153 Å². The molecule has 1 fully saturated rings. The normalized spacial score (nSPS) is 15.9. The standard InChI is InChI=1S/C18H25N5OS/c1-14-16(19-18(25)22-11-7-10-20(2)12-13-22)17(24)23(21(14)3)15-8-5-4-6-9-15/h4-6,8-9H,7,10-13H2,1-3H3,(H,19,25). The molecule has 2 aromatic rings. The fourth-order valence-electron chi connectivity index (χ4n) is 3.15. The van der Waals surface area contributed by atoms with Crippen LogP contribution in [-0.2, 0) is 7.05 Å². The number of rotatable bonds is 2. The van der Waals surface area contributed by atoms with Gasteiger partial charge in [0.2, 0.25) is 0 Å². The summed E-state index contributed by atoms with van der Waals surface area (Å²) in [6, 6.07) is 9.64. The van der Waals surface area contributed by atoms with Crippen LogP contribution in [-0.4, -0.2) is 57.5 Å². The van der Waals surface area contributed by atoms with Gasteiger partial charge in [0.25, 0.3) is 5.56 Å². The molecule has 6 nitrogen and oxygen atoms in total. The van der Waals surface area contributed by atoms with E-state index in [1.807, 2.05) is 49.0 Å². The Balaban J connectivity index is 1.86. The van der Waals surface area contributed by atoms with Gasteiger partial charge in [0.05, 0.1) is 11.4 Å². The van der Waals surface area contributed by atoms with E-state index in [1.165, 1.54) is 0 Å². The molecule has 1 aliphatic rings. The second-order valence-corrected chi connectivity index (χ2v) is 6.90. The Bertz CT molecular complexity index is 811. The van der Waals surface area contributed by atoms with E-state index in [2.05, 4.69) is 22.2 Å². The van der Waals surface area contributed by atoms with E-state index in [0.29, 0.717) is 10.8 Å². The van der Waals surface area contributed by atoms with Gasteiger partial charge in [-0.05, 0) is 51.3 Å². The second kappa shape index (κ2) is 7.41. The summed E-state index contributed by atoms with van der Waals surface area (Å²) in [4.78, 5) is 17.4. The van der Waals surface area contributed by atoms with Crippen LogP contribution in [0.15, 0.2) is 35.1 Å². The van der Waals surface area contributed by atoms with Crippen LogP contribution in [0.25, 0.3) is 5.69 Å². The van der Waals surface area contributed by atoms with Crippen molar-refractivity contribution in [3.05, 3.63) is 46.4 Å². The molecule has 0 aliphatic carbocycles. The van der Waals surface area contributed by atoms with Crippen LogP contribution in [0.2, 0.25) is 0 Å². The molecule has 1 N–H and O–H groups in total. The molecule has 3 rings (SSSR count). The van der Waals surface area contributed by atoms with E-state index >= 15 is 0 Å². The van der Waals surface area contributed by atoms with Crippen LogP contribution < -0.4 is 10.9 Å². The maximum Gasteiger partial charge on any atom is 0.295 e. The zero-order valence-electron chi connectivity index (χ0n) is 15.0. The van der Waals surface area contributed by atoms with Crippen molar-refractivity contribution in [1.29, 1.82) is 0 Å². The van der Waals surface area contributed by atoms with E-state index in [4.69, 9.17) is 12.2 Å². The van der Waals surface area contributed by atoms with Gasteiger partial charge in [-0.25, -0.2) is 4.68 Å². The Morgan fingerprint density at radius 1 is 1.08 bits per heavy atom. The van der Waals surface area contributed by atoms with Gasteiger partial charge in [0.15, 0.2) is 5.11 Å². The van der Waals surface area contributed by atoms with E-state index in [9.17, 15) is 4.79 Å². The largest absolute Gasteiger partial charge is 0.348 e. The number of thiocarbonyl (C=S) groups is 1. The van der Waals surface area contributed by atoms with Crippen LogP contribution in [0, 0.1) is 6.92 Å². The minimum atomic E-state index is -0.0829. The van der Waals surface area contributed by atoms with Gasteiger partial charge in [-0.2, -0.15) is 0 Å². The Kier molecular flexibility index (Phi) is 5.24. The predicted molar refractivity (Wildman–Crippen MR) is 106 cm³/mol. The Morgan fingerprint density at radius 3 is 2.52 bits per heavy atom. The number of hydrogen-bond acceptors (Lipinski definition) is 3. The van der Waals surface area contributed by atoms with E-state index in [-0.39, 0.29) is 5.56 Å². The summed E-state index contributed by atoms with van der Waals surface area (Å²) in [7, 11) is 4.01. The third-order valence-corrected chi connectivity index (χ3v) is 5.15. The quantitative estimate of drug-likeness (QED) is 0.829. The molecule has 0 amide bonds. The van der Waals surface area contributed by atoms with Crippen molar-refractivity contribution in [2.24, 2.45) is 7.05 Å². The third-order valence-electron chi connectivity index (χ3n) is 4.79. The van der Waals surface area contributed by atoms with Crippen molar-refractivity contribution in [2.45, 2.75) is 13.3 Å². The highest BCUT2D eigenvalue weighted by Gasteiger charge is 2.20. The highest BCUT2D eigenvalue weighted by atomic mass is 32.1. The molecule has 0 radical (unpaired) electrons. The summed E-state index contributed by atoms with van der Waals surface area (Å²) in [5, 5.41) is 3.83. The first kappa shape index (κ1) is 17.7. The number of aromatic nitrogens is 2. The molecule has 0 bridgehead atoms. The molecule has 0 spiro atoms. The predicted octanol–water partition coefficient (Wildman–Crippen LogP) is 1.82. The smallest absolute Gasteiger partial charge is 0.295 e. The number of likely N-dealkylation sites (N-methyl/N-ethyl adjacent to an activating group) is 1. The molecule has 1 aliphatic heterocycles. The Morgan fingerprint density at radius 2 is 1.80 bits per heavy atom. The molecule has 0 unspecified atom stereocenters. The lowest BCUT2D eigenvalue weighted by Crippen LogP contribution is -2.38. The van der Waals surface area contributed by atoms with E-state index < -0.39 is 0 Å². The van der Waals surface area contributed by atoms with Crippen LogP contribution in [0.3, 0.4) is 0 Å². The molecule has 1 aromatic heterocycles. The van der Waals surface area contributed by atoms with Crippen molar-refractivity contribution in [3.8, 4) is 5.69 Å². The fourth-order valence-corrected chi connectivity index (χ4v) is 3.43. The van der Waals surface area contributed by atoms with Crippen molar-refractivity contribution >= 4 is 23.0 Å². The van der Waals surface area contributed by atoms with Gasteiger partial charge < -0.3 is 15.1 Å². The lowest BCUT2D eigenvalue weighted by molar-refractivity contribution is 0.347. The summed E-state index contributed by atoms with van der Waals surface area (Å²) >= 11 is 5.58. The third kappa shape index (κ3) is 3.62. The number of para-hydroxylation sites is 1. The van der Waals surface area contributed by atoms with Crippen molar-refractivity contribution in [3.63, 3.8) is 0 Å². The van der Waals surface area contributed by atoms with Gasteiger partial charge in [0.1, 0.15) is 5.69 Å². The molecular formula is C18H25N5OS. The first-order chi connectivity index (χ1) is 12.0. The SMILES string of the molecule is Cc1c(NC(=S)N2CCCN(C)CC2)c(=O)n(-c2ccccc2)n1C. The zero-order valence-corrected chi connectivity index (χ0v) is 15.8. The topological polar surface area (TPSA) is 45.4 Å². The molecule has 1 saturated heterocycles. The van der Waals surface area contributed by atoms with Crippen LogP contribution in [0.1, 0.15) is 12.1 Å². The van der Waals surface area contributed by atoms with E-state index in [0.717, 1.165) is 44.0 Å². The molecule has 134 valence electrons. The number of nitrogens with one attached hydrogen (secondary N) is 1.